The molecule has 0 aliphatic carbocycles. The van der Waals surface area contributed by atoms with Gasteiger partial charge in [-0.3, -0.25) is 0 Å². The van der Waals surface area contributed by atoms with E-state index in [1.807, 2.05) is 0 Å². The van der Waals surface area contributed by atoms with Gasteiger partial charge in [0.1, 0.15) is 9.67 Å². The number of alkyl halides is 4. The third-order valence-corrected chi connectivity index (χ3v) is 10.5. The van der Waals surface area contributed by atoms with Gasteiger partial charge in [-0.05, 0) is 70.1 Å². The first kappa shape index (κ1) is 46.6. The van der Waals surface area contributed by atoms with Crippen molar-refractivity contribution in [2.24, 2.45) is 5.92 Å². The Balaban J connectivity index is 3.61. The van der Waals surface area contributed by atoms with Crippen LogP contribution >= 0.6 is 46.4 Å². The van der Waals surface area contributed by atoms with Crippen molar-refractivity contribution in [3.8, 4) is 0 Å². The molecule has 0 aromatic carbocycles. The largest absolute Gasteiger partial charge is 0.107 e. The summed E-state index contributed by atoms with van der Waals surface area (Å²) in [5.74, 6) is 0.995. The highest BCUT2D eigenvalue weighted by atomic mass is 35.5. The Bertz CT molecular complexity index is 567. The average molecular weight is 725 g/mol. The van der Waals surface area contributed by atoms with Crippen LogP contribution in [0.25, 0.3) is 0 Å². The van der Waals surface area contributed by atoms with Crippen LogP contribution in [-0.4, -0.2) is 9.67 Å². The molecule has 0 atom stereocenters. The topological polar surface area (TPSA) is 0 Å². The molecule has 0 rings (SSSR count). The summed E-state index contributed by atoms with van der Waals surface area (Å²) in [5, 5.41) is 0. The molecule has 4 heteroatoms. The van der Waals surface area contributed by atoms with Crippen LogP contribution in [0.4, 0.5) is 0 Å². The number of hydrogen-bond donors (Lipinski definition) is 0. The molecule has 0 aromatic heterocycles. The van der Waals surface area contributed by atoms with Crippen molar-refractivity contribution in [1.82, 2.24) is 0 Å². The molecule has 0 saturated carbocycles. The van der Waals surface area contributed by atoms with Gasteiger partial charge in [-0.25, -0.2) is 0 Å². The van der Waals surface area contributed by atoms with Crippen molar-refractivity contribution in [1.29, 1.82) is 0 Å². The van der Waals surface area contributed by atoms with E-state index in [2.05, 4.69) is 31.2 Å². The molecule has 46 heavy (non-hydrogen) atoms. The zero-order valence-electron chi connectivity index (χ0n) is 30.6. The fourth-order valence-electron chi connectivity index (χ4n) is 6.57. The van der Waals surface area contributed by atoms with Crippen molar-refractivity contribution in [3.63, 3.8) is 0 Å². The van der Waals surface area contributed by atoms with E-state index in [9.17, 15) is 0 Å². The van der Waals surface area contributed by atoms with Crippen LogP contribution in [0.5, 0.6) is 0 Å². The maximum atomic E-state index is 5.78. The number of unbranched alkanes of at least 4 members (excludes halogenated alkanes) is 24. The van der Waals surface area contributed by atoms with E-state index < -0.39 is 0 Å². The Labute approximate surface area is 310 Å². The summed E-state index contributed by atoms with van der Waals surface area (Å²) >= 11 is 23.1. The van der Waals surface area contributed by atoms with Gasteiger partial charge in [-0.1, -0.05) is 185 Å². The molecule has 0 amide bonds. The predicted octanol–water partition coefficient (Wildman–Crippen LogP) is 17.6. The second-order valence-corrected chi connectivity index (χ2v) is 16.7. The highest BCUT2D eigenvalue weighted by Gasteiger charge is 2.08. The summed E-state index contributed by atoms with van der Waals surface area (Å²) in [6, 6.07) is 0. The van der Waals surface area contributed by atoms with Crippen LogP contribution in [0.1, 0.15) is 225 Å². The van der Waals surface area contributed by atoms with Crippen molar-refractivity contribution in [2.75, 3.05) is 0 Å². The van der Waals surface area contributed by atoms with Gasteiger partial charge in [0, 0.05) is 0 Å². The Morgan fingerprint density at radius 3 is 0.826 bits per heavy atom. The van der Waals surface area contributed by atoms with E-state index in [1.54, 1.807) is 0 Å². The molecule has 0 spiro atoms. The molecule has 0 radical (unpaired) electrons. The Morgan fingerprint density at radius 2 is 0.543 bits per heavy atom. The summed E-state index contributed by atoms with van der Waals surface area (Å²) in [5.41, 5.74) is 0. The molecule has 0 heterocycles. The van der Waals surface area contributed by atoms with Gasteiger partial charge in [0.25, 0.3) is 0 Å². The first-order valence-electron chi connectivity index (χ1n) is 20.4. The van der Waals surface area contributed by atoms with Crippen LogP contribution < -0.4 is 0 Å². The van der Waals surface area contributed by atoms with Gasteiger partial charge in [-0.2, -0.15) is 0 Å². The lowest BCUT2D eigenvalue weighted by molar-refractivity contribution is 0.367. The highest BCUT2D eigenvalue weighted by molar-refractivity contribution is 6.44. The predicted molar refractivity (Wildman–Crippen MR) is 215 cm³/mol. The highest BCUT2D eigenvalue weighted by Crippen LogP contribution is 2.24. The number of halogens is 4. The Morgan fingerprint density at radius 1 is 0.304 bits per heavy atom. The van der Waals surface area contributed by atoms with Crippen LogP contribution in [-0.2, 0) is 0 Å². The second-order valence-electron chi connectivity index (χ2n) is 14.2. The van der Waals surface area contributed by atoms with Crippen molar-refractivity contribution in [2.45, 2.75) is 235 Å². The molecule has 0 saturated heterocycles. The maximum Gasteiger partial charge on any atom is 0.107 e. The quantitative estimate of drug-likeness (QED) is 0.0338. The Hall–Kier alpha value is 0.640. The Kier molecular flexibility index (Phi) is 40.6. The first-order valence-corrected chi connectivity index (χ1v) is 22.2. The smallest absolute Gasteiger partial charge is 0.105 e. The van der Waals surface area contributed by atoms with Gasteiger partial charge in [0.05, 0.1) is 0 Å². The lowest BCUT2D eigenvalue weighted by Crippen LogP contribution is -2.01. The third kappa shape index (κ3) is 40.8. The van der Waals surface area contributed by atoms with Crippen molar-refractivity contribution < 1.29 is 0 Å². The van der Waals surface area contributed by atoms with E-state index in [4.69, 9.17) is 46.4 Å². The van der Waals surface area contributed by atoms with Gasteiger partial charge >= 0.3 is 0 Å². The van der Waals surface area contributed by atoms with Gasteiger partial charge in [0.15, 0.2) is 0 Å². The van der Waals surface area contributed by atoms with Crippen LogP contribution in [0, 0.1) is 5.92 Å². The minimum Gasteiger partial charge on any atom is -0.105 e. The van der Waals surface area contributed by atoms with E-state index in [0.717, 1.165) is 18.8 Å². The first-order chi connectivity index (χ1) is 22.6. The average Bonchev–Trinajstić information content (AvgIpc) is 3.03. The molecule has 0 N–H and O–H groups in total. The summed E-state index contributed by atoms with van der Waals surface area (Å²) in [4.78, 5) is -0.354. The standard InChI is InChI=1S/C42H78Cl4/c1-2-3-30-35-40(36-31-26-22-18-14-10-6-4-8-12-16-20-24-28-33-38-41(43)44)37-32-27-23-19-15-11-7-5-9-13-17-21-25-29-34-39-42(45)46/h4-5,8-9,40-42H,2-3,6-7,10-39H2,1H3. The second kappa shape index (κ2) is 40.1. The van der Waals surface area contributed by atoms with Crippen molar-refractivity contribution in [3.05, 3.63) is 24.3 Å². The normalized spacial score (nSPS) is 12.9. The molecule has 0 aliphatic heterocycles. The van der Waals surface area contributed by atoms with Crippen LogP contribution in [0.3, 0.4) is 0 Å². The molecular weight excluding hydrogens is 646 g/mol. The third-order valence-electron chi connectivity index (χ3n) is 9.60. The van der Waals surface area contributed by atoms with E-state index in [-0.39, 0.29) is 9.67 Å². The van der Waals surface area contributed by atoms with Crippen LogP contribution in [0.2, 0.25) is 0 Å². The van der Waals surface area contributed by atoms with Gasteiger partial charge in [-0.15, -0.1) is 46.4 Å². The molecule has 274 valence electrons. The lowest BCUT2D eigenvalue weighted by atomic mass is 9.89. The summed E-state index contributed by atoms with van der Waals surface area (Å²) < 4.78 is 0. The van der Waals surface area contributed by atoms with Crippen LogP contribution in [0.15, 0.2) is 24.3 Å². The molecule has 0 aromatic rings. The van der Waals surface area contributed by atoms with E-state index >= 15 is 0 Å². The van der Waals surface area contributed by atoms with E-state index in [0.29, 0.717) is 0 Å². The minimum absolute atomic E-state index is 0.177. The molecule has 0 aliphatic rings. The minimum atomic E-state index is -0.177. The summed E-state index contributed by atoms with van der Waals surface area (Å²) in [6.07, 6.45) is 55.3. The fraction of sp³-hybridized carbons (Fsp3) is 0.905. The lowest BCUT2D eigenvalue weighted by Gasteiger charge is -2.17. The zero-order valence-corrected chi connectivity index (χ0v) is 33.6. The maximum absolute atomic E-state index is 5.78. The number of allylic oxidation sites excluding steroid dienone is 4. The SMILES string of the molecule is CCCCCC(CCCCCCCCC=CCCCCCCCC(Cl)Cl)CCCCCCCCC=CCCCCCCCC(Cl)Cl. The van der Waals surface area contributed by atoms with Gasteiger partial charge in [0.2, 0.25) is 0 Å². The molecule has 0 fully saturated rings. The van der Waals surface area contributed by atoms with Gasteiger partial charge < -0.3 is 0 Å². The van der Waals surface area contributed by atoms with Crippen molar-refractivity contribution >= 4 is 46.4 Å². The molecule has 0 nitrogen and oxygen atoms in total. The number of rotatable bonds is 38. The zero-order chi connectivity index (χ0) is 33.6. The number of hydrogen-bond acceptors (Lipinski definition) is 0. The monoisotopic (exact) mass is 722 g/mol. The fourth-order valence-corrected chi connectivity index (χ4v) is 7.19. The molecule has 0 unspecified atom stereocenters. The molecule has 0 bridgehead atoms. The molecular formula is C42H78Cl4. The summed E-state index contributed by atoms with van der Waals surface area (Å²) in [6.45, 7) is 2.34. The summed E-state index contributed by atoms with van der Waals surface area (Å²) in [7, 11) is 0. The van der Waals surface area contributed by atoms with E-state index in [1.165, 1.54) is 205 Å².